The predicted octanol–water partition coefficient (Wildman–Crippen LogP) is 2.10. The standard InChI is InChI=1S/C17H21FN2O4/c1-12(17(23)19-14-7-5-6-13(18)10-14)24-16(22)11-20-9-4-2-3-8-15(20)21/h5-7,10,12H,2-4,8-9,11H2,1H3,(H,19,23)/t12-/m1/s1. The van der Waals surface area contributed by atoms with Crippen LogP contribution in [0.1, 0.15) is 32.6 Å². The minimum absolute atomic E-state index is 0.0682. The van der Waals surface area contributed by atoms with Gasteiger partial charge in [0.05, 0.1) is 0 Å². The first-order valence-corrected chi connectivity index (χ1v) is 7.99. The van der Waals surface area contributed by atoms with Crippen molar-refractivity contribution in [3.63, 3.8) is 0 Å². The van der Waals surface area contributed by atoms with Crippen LogP contribution >= 0.6 is 0 Å². The highest BCUT2D eigenvalue weighted by Crippen LogP contribution is 2.12. The SMILES string of the molecule is C[C@@H](OC(=O)CN1CCCCCC1=O)C(=O)Nc1cccc(F)c1. The van der Waals surface area contributed by atoms with Crippen LogP contribution in [0.4, 0.5) is 10.1 Å². The van der Waals surface area contributed by atoms with Crippen molar-refractivity contribution >= 4 is 23.5 Å². The van der Waals surface area contributed by atoms with Gasteiger partial charge in [-0.15, -0.1) is 0 Å². The third-order valence-electron chi connectivity index (χ3n) is 3.76. The molecule has 0 saturated carbocycles. The van der Waals surface area contributed by atoms with Crippen LogP contribution in [-0.4, -0.2) is 41.9 Å². The van der Waals surface area contributed by atoms with Crippen LogP contribution in [0.5, 0.6) is 0 Å². The van der Waals surface area contributed by atoms with Gasteiger partial charge in [0, 0.05) is 18.7 Å². The number of nitrogens with zero attached hydrogens (tertiary/aromatic N) is 1. The van der Waals surface area contributed by atoms with Crippen molar-refractivity contribution in [3.8, 4) is 0 Å². The molecule has 1 aromatic rings. The molecule has 1 aromatic carbocycles. The Morgan fingerprint density at radius 3 is 2.88 bits per heavy atom. The Morgan fingerprint density at radius 2 is 2.12 bits per heavy atom. The molecule has 1 fully saturated rings. The maximum absolute atomic E-state index is 13.1. The van der Waals surface area contributed by atoms with Crippen LogP contribution < -0.4 is 5.32 Å². The van der Waals surface area contributed by atoms with Gasteiger partial charge in [0.25, 0.3) is 5.91 Å². The van der Waals surface area contributed by atoms with Crippen molar-refractivity contribution in [1.29, 1.82) is 0 Å². The van der Waals surface area contributed by atoms with Crippen LogP contribution in [0.15, 0.2) is 24.3 Å². The number of benzene rings is 1. The lowest BCUT2D eigenvalue weighted by molar-refractivity contribution is -0.156. The van der Waals surface area contributed by atoms with E-state index in [1.54, 1.807) is 0 Å². The molecule has 0 bridgehead atoms. The molecular formula is C17H21FN2O4. The number of halogens is 1. The lowest BCUT2D eigenvalue weighted by atomic mass is 10.2. The molecule has 1 aliphatic heterocycles. The summed E-state index contributed by atoms with van der Waals surface area (Å²) in [5.74, 6) is -1.73. The molecule has 1 heterocycles. The van der Waals surface area contributed by atoms with Crippen LogP contribution in [0.2, 0.25) is 0 Å². The minimum Gasteiger partial charge on any atom is -0.451 e. The van der Waals surface area contributed by atoms with Gasteiger partial charge in [-0.3, -0.25) is 14.4 Å². The summed E-state index contributed by atoms with van der Waals surface area (Å²) in [6.07, 6.45) is 2.04. The Kier molecular flexibility index (Phi) is 6.28. The first kappa shape index (κ1) is 17.9. The van der Waals surface area contributed by atoms with E-state index >= 15 is 0 Å². The largest absolute Gasteiger partial charge is 0.451 e. The number of likely N-dealkylation sites (tertiary alicyclic amines) is 1. The zero-order chi connectivity index (χ0) is 17.5. The smallest absolute Gasteiger partial charge is 0.326 e. The number of carbonyl (C=O) groups excluding carboxylic acids is 3. The number of anilines is 1. The zero-order valence-electron chi connectivity index (χ0n) is 13.6. The van der Waals surface area contributed by atoms with E-state index in [-0.39, 0.29) is 18.1 Å². The van der Waals surface area contributed by atoms with Gasteiger partial charge < -0.3 is 15.0 Å². The van der Waals surface area contributed by atoms with E-state index in [9.17, 15) is 18.8 Å². The predicted molar refractivity (Wildman–Crippen MR) is 85.6 cm³/mol. The summed E-state index contributed by atoms with van der Waals surface area (Å²) in [4.78, 5) is 37.2. The second kappa shape index (κ2) is 8.42. The van der Waals surface area contributed by atoms with Gasteiger partial charge in [-0.1, -0.05) is 12.5 Å². The summed E-state index contributed by atoms with van der Waals surface area (Å²) in [5, 5.41) is 2.47. The fourth-order valence-electron chi connectivity index (χ4n) is 2.46. The summed E-state index contributed by atoms with van der Waals surface area (Å²) in [6, 6.07) is 5.43. The molecule has 0 unspecified atom stereocenters. The average molecular weight is 336 g/mol. The van der Waals surface area contributed by atoms with E-state index in [4.69, 9.17) is 4.74 Å². The summed E-state index contributed by atoms with van der Waals surface area (Å²) >= 11 is 0. The third kappa shape index (κ3) is 5.33. The zero-order valence-corrected chi connectivity index (χ0v) is 13.6. The topological polar surface area (TPSA) is 75.7 Å². The number of carbonyl (C=O) groups is 3. The van der Waals surface area contributed by atoms with Crippen molar-refractivity contribution in [1.82, 2.24) is 4.90 Å². The van der Waals surface area contributed by atoms with Gasteiger partial charge in [0.15, 0.2) is 6.10 Å². The van der Waals surface area contributed by atoms with Gasteiger partial charge >= 0.3 is 5.97 Å². The molecule has 1 N–H and O–H groups in total. The highest BCUT2D eigenvalue weighted by Gasteiger charge is 2.23. The lowest BCUT2D eigenvalue weighted by Crippen LogP contribution is -2.38. The fraction of sp³-hybridized carbons (Fsp3) is 0.471. The number of ether oxygens (including phenoxy) is 1. The number of hydrogen-bond donors (Lipinski definition) is 1. The first-order chi connectivity index (χ1) is 11.5. The molecule has 1 atom stereocenters. The van der Waals surface area contributed by atoms with Crippen LogP contribution in [0.3, 0.4) is 0 Å². The maximum atomic E-state index is 13.1. The van der Waals surface area contributed by atoms with Crippen molar-refractivity contribution < 1.29 is 23.5 Å². The summed E-state index contributed by atoms with van der Waals surface area (Å²) in [6.45, 7) is 1.80. The molecule has 1 saturated heterocycles. The monoisotopic (exact) mass is 336 g/mol. The van der Waals surface area contributed by atoms with Crippen LogP contribution in [0, 0.1) is 5.82 Å². The molecule has 0 spiro atoms. The summed E-state index contributed by atoms with van der Waals surface area (Å²) in [5.41, 5.74) is 0.283. The molecule has 7 heteroatoms. The quantitative estimate of drug-likeness (QED) is 0.836. The first-order valence-electron chi connectivity index (χ1n) is 7.99. The highest BCUT2D eigenvalue weighted by atomic mass is 19.1. The van der Waals surface area contributed by atoms with E-state index in [1.165, 1.54) is 36.1 Å². The van der Waals surface area contributed by atoms with Crippen molar-refractivity contribution in [2.24, 2.45) is 0 Å². The number of rotatable bonds is 5. The minimum atomic E-state index is -1.04. The number of esters is 1. The van der Waals surface area contributed by atoms with E-state index < -0.39 is 23.8 Å². The van der Waals surface area contributed by atoms with E-state index in [0.29, 0.717) is 13.0 Å². The Hall–Kier alpha value is -2.44. The Balaban J connectivity index is 1.84. The molecule has 2 rings (SSSR count). The molecule has 6 nitrogen and oxygen atoms in total. The van der Waals surface area contributed by atoms with Crippen molar-refractivity contribution in [2.75, 3.05) is 18.4 Å². The van der Waals surface area contributed by atoms with Gasteiger partial charge in [-0.25, -0.2) is 4.39 Å². The van der Waals surface area contributed by atoms with Gasteiger partial charge in [-0.2, -0.15) is 0 Å². The van der Waals surface area contributed by atoms with E-state index in [1.807, 2.05) is 0 Å². The second-order valence-corrected chi connectivity index (χ2v) is 5.76. The van der Waals surface area contributed by atoms with Crippen molar-refractivity contribution in [3.05, 3.63) is 30.1 Å². The van der Waals surface area contributed by atoms with Crippen molar-refractivity contribution in [2.45, 2.75) is 38.7 Å². The molecule has 130 valence electrons. The normalized spacial score (nSPS) is 16.2. The number of amides is 2. The van der Waals surface area contributed by atoms with Crippen LogP contribution in [-0.2, 0) is 19.1 Å². The van der Waals surface area contributed by atoms with Crippen LogP contribution in [0.25, 0.3) is 0 Å². The van der Waals surface area contributed by atoms with E-state index in [2.05, 4.69) is 5.32 Å². The third-order valence-corrected chi connectivity index (χ3v) is 3.76. The molecule has 0 radical (unpaired) electrons. The summed E-state index contributed by atoms with van der Waals surface area (Å²) < 4.78 is 18.2. The maximum Gasteiger partial charge on any atom is 0.326 e. The summed E-state index contributed by atoms with van der Waals surface area (Å²) in [7, 11) is 0. The highest BCUT2D eigenvalue weighted by molar-refractivity contribution is 5.95. The van der Waals surface area contributed by atoms with Gasteiger partial charge in [0.2, 0.25) is 5.91 Å². The molecular weight excluding hydrogens is 315 g/mol. The molecule has 2 amide bonds. The number of hydrogen-bond acceptors (Lipinski definition) is 4. The van der Waals surface area contributed by atoms with E-state index in [0.717, 1.165) is 19.3 Å². The Bertz CT molecular complexity index is 620. The molecule has 1 aliphatic rings. The second-order valence-electron chi connectivity index (χ2n) is 5.76. The number of nitrogens with one attached hydrogen (secondary N) is 1. The Labute approximate surface area is 140 Å². The fourth-order valence-corrected chi connectivity index (χ4v) is 2.46. The average Bonchev–Trinajstić information content (AvgIpc) is 2.72. The molecule has 0 aromatic heterocycles. The van der Waals surface area contributed by atoms with Gasteiger partial charge in [0.1, 0.15) is 12.4 Å². The Morgan fingerprint density at radius 1 is 1.33 bits per heavy atom. The van der Waals surface area contributed by atoms with Gasteiger partial charge in [-0.05, 0) is 38.0 Å². The molecule has 0 aliphatic carbocycles. The lowest BCUT2D eigenvalue weighted by Gasteiger charge is -2.20. The molecule has 24 heavy (non-hydrogen) atoms.